The van der Waals surface area contributed by atoms with Gasteiger partial charge in [0.05, 0.1) is 58.1 Å². The Morgan fingerprint density at radius 1 is 0.589 bits per heavy atom. The van der Waals surface area contributed by atoms with Crippen LogP contribution in [0.15, 0.2) is 72.8 Å². The molecule has 0 unspecified atom stereocenters. The van der Waals surface area contributed by atoms with E-state index in [2.05, 4.69) is 9.80 Å². The lowest BCUT2D eigenvalue weighted by atomic mass is 9.90. The molecule has 0 spiro atoms. The smallest absolute Gasteiger partial charge is 0.315 e. The summed E-state index contributed by atoms with van der Waals surface area (Å²) in [6.45, 7) is 0.863. The van der Waals surface area contributed by atoms with Crippen LogP contribution in [-0.2, 0) is 37.9 Å². The van der Waals surface area contributed by atoms with Crippen LogP contribution in [0.25, 0.3) is 0 Å². The molecule has 2 aliphatic carbocycles. The number of benzene rings is 4. The summed E-state index contributed by atoms with van der Waals surface area (Å²) in [6.07, 6.45) is 5.32. The number of sulfonamides is 2. The Kier molecular flexibility index (Phi) is 18.6. The van der Waals surface area contributed by atoms with Gasteiger partial charge >= 0.3 is 6.43 Å². The van der Waals surface area contributed by atoms with Crippen molar-refractivity contribution in [2.75, 3.05) is 47.9 Å². The average molecular weight is 1100 g/mol. The quantitative estimate of drug-likeness (QED) is 0.0727. The van der Waals surface area contributed by atoms with Gasteiger partial charge in [0.2, 0.25) is 20.0 Å². The molecule has 1 amide bonds. The highest BCUT2D eigenvalue weighted by atomic mass is 35.5. The number of piperidine rings is 2. The Morgan fingerprint density at radius 3 is 1.32 bits per heavy atom. The molecule has 4 aromatic rings. The second-order valence-corrected chi connectivity index (χ2v) is 23.7. The van der Waals surface area contributed by atoms with Gasteiger partial charge in [0, 0.05) is 34.3 Å². The van der Waals surface area contributed by atoms with Crippen molar-refractivity contribution < 1.29 is 57.6 Å². The van der Waals surface area contributed by atoms with Gasteiger partial charge in [-0.25, -0.2) is 34.4 Å². The molecule has 2 saturated heterocycles. The topological polar surface area (TPSA) is 170 Å². The summed E-state index contributed by atoms with van der Waals surface area (Å²) in [7, 11) is -7.96. The Bertz CT molecular complexity index is 2880. The summed E-state index contributed by atoms with van der Waals surface area (Å²) < 4.78 is 140. The van der Waals surface area contributed by atoms with Gasteiger partial charge in [-0.3, -0.25) is 23.0 Å². The predicted octanol–water partition coefficient (Wildman–Crippen LogP) is 8.65. The van der Waals surface area contributed by atoms with Crippen molar-refractivity contribution in [1.29, 1.82) is 0 Å². The van der Waals surface area contributed by atoms with Crippen molar-refractivity contribution in [2.45, 2.75) is 106 Å². The first-order chi connectivity index (χ1) is 34.7. The molecule has 4 aliphatic rings. The number of anilines is 2. The van der Waals surface area contributed by atoms with Gasteiger partial charge in [0.25, 0.3) is 5.91 Å². The van der Waals surface area contributed by atoms with Crippen molar-refractivity contribution in [1.82, 2.24) is 15.1 Å². The van der Waals surface area contributed by atoms with Gasteiger partial charge in [0.15, 0.2) is 11.6 Å². The molecular formula is C50H56Cl2F6N6O7S2. The monoisotopic (exact) mass is 1100 g/mol. The van der Waals surface area contributed by atoms with Crippen LogP contribution >= 0.6 is 23.2 Å². The minimum absolute atomic E-state index is 0.0667. The number of rotatable bonds is 18. The van der Waals surface area contributed by atoms with Crippen LogP contribution in [0.2, 0.25) is 10.0 Å². The van der Waals surface area contributed by atoms with Crippen molar-refractivity contribution >= 4 is 72.1 Å². The van der Waals surface area contributed by atoms with Crippen LogP contribution in [0.3, 0.4) is 0 Å². The average Bonchev–Trinajstić information content (AvgIpc) is 3.33. The summed E-state index contributed by atoms with van der Waals surface area (Å²) >= 11 is 11.9. The second kappa shape index (κ2) is 24.3. The zero-order chi connectivity index (χ0) is 52.8. The standard InChI is InChI=1S/C26H28ClF4N3O4S.C24H28ClF2N3O3S/c27-21-13-19(6-7-22(21)28)34(39(37,38)20-8-10-33(11-9-20)18-2-1-3-18)15-17-5-4-16(12-23(17)29)24(35)14-32-26(36)25(30)31;25-21-13-19(6-7-22(21)26)30(15-17-5-4-16(12-23(17)27)24(31)14-28)34(32,33)20-8-10-29(11-9-20)18-2-1-3-18/h4-7,12-13,18,20,25H,1-3,8-11,14-15H2,(H,32,36);4-7,12-13,18,20H,1-3,8-11,14-15,28H2. The molecule has 4 aromatic carbocycles. The first kappa shape index (κ1) is 56.0. The Labute approximate surface area is 431 Å². The van der Waals surface area contributed by atoms with Crippen molar-refractivity contribution in [3.05, 3.63) is 128 Å². The number of alkyl halides is 2. The van der Waals surface area contributed by atoms with E-state index in [1.165, 1.54) is 61.4 Å². The highest BCUT2D eigenvalue weighted by Gasteiger charge is 2.40. The highest BCUT2D eigenvalue weighted by molar-refractivity contribution is 7.93. The van der Waals surface area contributed by atoms with E-state index >= 15 is 4.39 Å². The molecule has 3 N–H and O–H groups in total. The van der Waals surface area contributed by atoms with Crippen molar-refractivity contribution in [3.63, 3.8) is 0 Å². The van der Waals surface area contributed by atoms with Crippen molar-refractivity contribution in [2.24, 2.45) is 5.73 Å². The van der Waals surface area contributed by atoms with Crippen LogP contribution in [-0.4, -0.2) is 112 Å². The number of likely N-dealkylation sites (tertiary alicyclic amines) is 2. The van der Waals surface area contributed by atoms with E-state index in [0.29, 0.717) is 63.9 Å². The fourth-order valence-corrected chi connectivity index (χ4v) is 13.5. The largest absolute Gasteiger partial charge is 0.344 e. The number of nitrogens with one attached hydrogen (secondary N) is 1. The van der Waals surface area contributed by atoms with Gasteiger partial charge in [-0.2, -0.15) is 8.78 Å². The van der Waals surface area contributed by atoms with E-state index in [4.69, 9.17) is 28.9 Å². The molecule has 2 saturated carbocycles. The summed E-state index contributed by atoms with van der Waals surface area (Å²) in [5, 5.41) is -0.137. The SMILES string of the molecule is NCC(=O)c1ccc(CN(c2ccc(F)c(Cl)c2)S(=O)(=O)C2CCN(C3CCC3)CC2)c(F)c1.O=C(CNC(=O)C(F)F)c1ccc(CN(c2ccc(F)c(Cl)c2)S(=O)(=O)C2CCN(C3CCC3)CC2)c(F)c1. The van der Waals surface area contributed by atoms with E-state index < -0.39 is 90.8 Å². The maximum absolute atomic E-state index is 15.1. The summed E-state index contributed by atoms with van der Waals surface area (Å²) in [6, 6.07) is 15.3. The third-order valence-corrected chi connectivity index (χ3v) is 19.3. The number of halogens is 8. The number of nitrogens with two attached hydrogens (primary N) is 1. The molecule has 73 heavy (non-hydrogen) atoms. The molecule has 396 valence electrons. The van der Waals surface area contributed by atoms with Crippen LogP contribution in [0.4, 0.5) is 37.7 Å². The van der Waals surface area contributed by atoms with Crippen LogP contribution in [0.1, 0.15) is 96.1 Å². The molecule has 0 atom stereocenters. The molecule has 4 fully saturated rings. The van der Waals surface area contributed by atoms with E-state index in [0.717, 1.165) is 58.6 Å². The molecule has 0 bridgehead atoms. The summed E-state index contributed by atoms with van der Waals surface area (Å²) in [5.41, 5.74) is 5.53. The van der Waals surface area contributed by atoms with E-state index in [1.807, 2.05) is 0 Å². The number of nitrogens with zero attached hydrogens (tertiary/aromatic N) is 4. The maximum atomic E-state index is 15.1. The van der Waals surface area contributed by atoms with Gasteiger partial charge < -0.3 is 20.9 Å². The van der Waals surface area contributed by atoms with Crippen LogP contribution in [0, 0.1) is 23.3 Å². The van der Waals surface area contributed by atoms with Crippen LogP contribution in [0.5, 0.6) is 0 Å². The zero-order valence-corrected chi connectivity index (χ0v) is 42.8. The number of hydrogen-bond donors (Lipinski definition) is 2. The van der Waals surface area contributed by atoms with Gasteiger partial charge in [0.1, 0.15) is 23.3 Å². The fourth-order valence-electron chi connectivity index (χ4n) is 9.35. The van der Waals surface area contributed by atoms with Gasteiger partial charge in [-0.1, -0.05) is 60.3 Å². The zero-order valence-electron chi connectivity index (χ0n) is 39.6. The molecular weight excluding hydrogens is 1050 g/mol. The third kappa shape index (κ3) is 13.4. The molecule has 13 nitrogen and oxygen atoms in total. The number of amides is 1. The number of Topliss-reactive ketones (excluding diaryl/α,β-unsaturated/α-hetero) is 2. The number of hydrogen-bond acceptors (Lipinski definition) is 10. The highest BCUT2D eigenvalue weighted by Crippen LogP contribution is 2.36. The Morgan fingerprint density at radius 2 is 0.986 bits per heavy atom. The lowest BCUT2D eigenvalue weighted by Gasteiger charge is -2.42. The first-order valence-electron chi connectivity index (χ1n) is 24.0. The van der Waals surface area contributed by atoms with Crippen LogP contribution < -0.4 is 19.7 Å². The molecule has 2 heterocycles. The number of ketones is 2. The van der Waals surface area contributed by atoms with E-state index in [9.17, 15) is 53.2 Å². The Balaban J connectivity index is 0.000000216. The predicted molar refractivity (Wildman–Crippen MR) is 267 cm³/mol. The maximum Gasteiger partial charge on any atom is 0.315 e. The number of carbonyl (C=O) groups is 3. The summed E-state index contributed by atoms with van der Waals surface area (Å²) in [5.74, 6) is -5.88. The van der Waals surface area contributed by atoms with E-state index in [1.54, 1.807) is 5.32 Å². The van der Waals surface area contributed by atoms with E-state index in [-0.39, 0.29) is 56.8 Å². The molecule has 0 radical (unpaired) electrons. The van der Waals surface area contributed by atoms with Crippen molar-refractivity contribution in [3.8, 4) is 0 Å². The lowest BCUT2D eigenvalue weighted by molar-refractivity contribution is -0.131. The normalized spacial score (nSPS) is 17.6. The molecule has 2 aliphatic heterocycles. The molecule has 23 heteroatoms. The minimum Gasteiger partial charge on any atom is -0.344 e. The Hall–Kier alpha value is -4.77. The van der Waals surface area contributed by atoms with Gasteiger partial charge in [-0.05, 0) is 126 Å². The fraction of sp³-hybridized carbons (Fsp3) is 0.460. The summed E-state index contributed by atoms with van der Waals surface area (Å²) in [4.78, 5) is 39.7. The second-order valence-electron chi connectivity index (χ2n) is 18.6. The minimum atomic E-state index is -4.04. The molecule has 8 rings (SSSR count). The lowest BCUT2D eigenvalue weighted by Crippen LogP contribution is -2.49. The first-order valence-corrected chi connectivity index (χ1v) is 27.7. The third-order valence-electron chi connectivity index (χ3n) is 14.2. The molecule has 0 aromatic heterocycles. The van der Waals surface area contributed by atoms with Gasteiger partial charge in [-0.15, -0.1) is 0 Å². The number of carbonyl (C=O) groups excluding carboxylic acids is 3.